The molecule has 114 valence electrons. The molecule has 0 aromatic heterocycles. The maximum absolute atomic E-state index is 6.07. The van der Waals surface area contributed by atoms with Gasteiger partial charge >= 0.3 is 0 Å². The van der Waals surface area contributed by atoms with E-state index in [2.05, 4.69) is 29.5 Å². The lowest BCUT2D eigenvalue weighted by Crippen LogP contribution is -2.29. The summed E-state index contributed by atoms with van der Waals surface area (Å²) in [5, 5.41) is 1.12. The molecule has 2 aliphatic rings. The van der Waals surface area contributed by atoms with Crippen LogP contribution in [-0.2, 0) is 0 Å². The van der Waals surface area contributed by atoms with Crippen LogP contribution in [0.3, 0.4) is 0 Å². The summed E-state index contributed by atoms with van der Waals surface area (Å²) in [5.41, 5.74) is 16.1. The van der Waals surface area contributed by atoms with Crippen LogP contribution in [0.2, 0.25) is 0 Å². The molecule has 0 amide bonds. The van der Waals surface area contributed by atoms with Crippen molar-refractivity contribution in [1.29, 1.82) is 0 Å². The average Bonchev–Trinajstić information content (AvgIpc) is 2.52. The Morgan fingerprint density at radius 2 is 1.82 bits per heavy atom. The molecule has 0 fully saturated rings. The smallest absolute Gasteiger partial charge is 0.203 e. The van der Waals surface area contributed by atoms with Crippen molar-refractivity contribution in [2.24, 2.45) is 0 Å². The standard InChI is InChI=1S/C17H20N4O/c1-4-21(5-2)11-6-7-14-15(8-11)22-17-10(3)12(18)9-13(19)16(17)20-14/h6-9H,4-5H2,1-3H3,(H3,18,19)/p+1. The van der Waals surface area contributed by atoms with E-state index in [9.17, 15) is 0 Å². The number of nitrogens with zero attached hydrogens (tertiary/aromatic N) is 2. The molecular weight excluding hydrogens is 276 g/mol. The van der Waals surface area contributed by atoms with Gasteiger partial charge in [-0.1, -0.05) is 0 Å². The highest BCUT2D eigenvalue weighted by atomic mass is 16.3. The predicted octanol–water partition coefficient (Wildman–Crippen LogP) is 2.22. The molecule has 1 aromatic rings. The maximum Gasteiger partial charge on any atom is 0.203 e. The Kier molecular flexibility index (Phi) is 3.48. The molecular formula is C17H21N4O+. The number of nitrogen functional groups attached to an aromatic ring is 2. The summed E-state index contributed by atoms with van der Waals surface area (Å²) >= 11 is 0. The van der Waals surface area contributed by atoms with Crippen molar-refractivity contribution in [1.82, 2.24) is 9.56 Å². The minimum absolute atomic E-state index is 0.538. The summed E-state index contributed by atoms with van der Waals surface area (Å²) in [6.45, 7) is 8.08. The lowest BCUT2D eigenvalue weighted by atomic mass is 10.1. The molecule has 1 heterocycles. The molecule has 5 heteroatoms. The van der Waals surface area contributed by atoms with Crippen LogP contribution in [0.25, 0.3) is 22.6 Å². The third kappa shape index (κ3) is 2.19. The first-order valence-electron chi connectivity index (χ1n) is 7.52. The van der Waals surface area contributed by atoms with Crippen LogP contribution in [0.1, 0.15) is 19.4 Å². The lowest BCUT2D eigenvalue weighted by Gasteiger charge is -2.11. The first-order valence-corrected chi connectivity index (χ1v) is 7.52. The van der Waals surface area contributed by atoms with Crippen LogP contribution < -0.4 is 21.4 Å². The van der Waals surface area contributed by atoms with Crippen molar-refractivity contribution < 1.29 is 4.42 Å². The predicted molar refractivity (Wildman–Crippen MR) is 90.5 cm³/mol. The van der Waals surface area contributed by atoms with Crippen LogP contribution in [0.15, 0.2) is 28.7 Å². The van der Waals surface area contributed by atoms with E-state index in [1.54, 1.807) is 6.07 Å². The second-order valence-electron chi connectivity index (χ2n) is 5.40. The van der Waals surface area contributed by atoms with E-state index in [1.807, 2.05) is 19.1 Å². The van der Waals surface area contributed by atoms with Gasteiger partial charge in [0.05, 0.1) is 11.8 Å². The fourth-order valence-electron chi connectivity index (χ4n) is 2.72. The third-order valence-corrected chi connectivity index (χ3v) is 4.09. The van der Waals surface area contributed by atoms with Crippen LogP contribution in [-0.4, -0.2) is 18.1 Å². The van der Waals surface area contributed by atoms with E-state index in [4.69, 9.17) is 15.9 Å². The molecule has 0 spiro atoms. The number of nitrogens with two attached hydrogens (primary N) is 2. The number of benzene rings is 2. The summed E-state index contributed by atoms with van der Waals surface area (Å²) in [4.78, 5) is 4.64. The molecule has 0 saturated heterocycles. The van der Waals surface area contributed by atoms with Gasteiger partial charge in [-0.2, -0.15) is 0 Å². The highest BCUT2D eigenvalue weighted by Gasteiger charge is 2.15. The van der Waals surface area contributed by atoms with E-state index in [1.165, 1.54) is 0 Å². The van der Waals surface area contributed by atoms with Crippen LogP contribution >= 0.6 is 0 Å². The molecule has 0 saturated carbocycles. The van der Waals surface area contributed by atoms with Crippen molar-refractivity contribution in [3.8, 4) is 11.5 Å². The van der Waals surface area contributed by atoms with Crippen molar-refractivity contribution in [2.75, 3.05) is 24.6 Å². The van der Waals surface area contributed by atoms with Crippen LogP contribution in [0, 0.1) is 6.92 Å². The molecule has 0 atom stereocenters. The van der Waals surface area contributed by atoms with E-state index in [-0.39, 0.29) is 0 Å². The maximum atomic E-state index is 6.07. The number of hydrogen-bond acceptors (Lipinski definition) is 4. The van der Waals surface area contributed by atoms with Crippen LogP contribution in [0.5, 0.6) is 0 Å². The normalized spacial score (nSPS) is 11.2. The fourth-order valence-corrected chi connectivity index (χ4v) is 2.72. The Labute approximate surface area is 129 Å². The van der Waals surface area contributed by atoms with Gasteiger partial charge in [0.1, 0.15) is 24.3 Å². The van der Waals surface area contributed by atoms with Gasteiger partial charge in [-0.15, -0.1) is 0 Å². The molecule has 0 bridgehead atoms. The zero-order chi connectivity index (χ0) is 15.9. The largest absolute Gasteiger partial charge is 0.452 e. The summed E-state index contributed by atoms with van der Waals surface area (Å²) in [5.74, 6) is 0.741. The summed E-state index contributed by atoms with van der Waals surface area (Å²) < 4.78 is 8.33. The molecule has 0 radical (unpaired) electrons. The number of hydrogen-bond donors (Lipinski definition) is 2. The number of aryl methyl sites for hydroxylation is 1. The van der Waals surface area contributed by atoms with Crippen molar-refractivity contribution in [3.63, 3.8) is 0 Å². The van der Waals surface area contributed by atoms with Crippen molar-refractivity contribution in [2.45, 2.75) is 20.8 Å². The van der Waals surface area contributed by atoms with Gasteiger partial charge in [-0.05, 0) is 32.9 Å². The Morgan fingerprint density at radius 3 is 2.50 bits per heavy atom. The molecule has 4 N–H and O–H groups in total. The van der Waals surface area contributed by atoms with E-state index >= 15 is 0 Å². The summed E-state index contributed by atoms with van der Waals surface area (Å²) in [6, 6.07) is 7.78. The Balaban J connectivity index is 2.40. The number of aromatic nitrogens is 1. The van der Waals surface area contributed by atoms with Crippen molar-refractivity contribution >= 4 is 22.5 Å². The minimum Gasteiger partial charge on any atom is -0.452 e. The fraction of sp³-hybridized carbons (Fsp3) is 0.294. The van der Waals surface area contributed by atoms with Gasteiger partial charge < -0.3 is 15.9 Å². The quantitative estimate of drug-likeness (QED) is 0.432. The zero-order valence-corrected chi connectivity index (χ0v) is 13.2. The van der Waals surface area contributed by atoms with Gasteiger partial charge in [0.2, 0.25) is 5.36 Å². The monoisotopic (exact) mass is 297 g/mol. The third-order valence-electron chi connectivity index (χ3n) is 4.09. The molecule has 5 nitrogen and oxygen atoms in total. The first kappa shape index (κ1) is 14.4. The first-order chi connectivity index (χ1) is 10.5. The second-order valence-corrected chi connectivity index (χ2v) is 5.40. The van der Waals surface area contributed by atoms with Crippen molar-refractivity contribution in [3.05, 3.63) is 35.2 Å². The molecule has 1 aliphatic carbocycles. The molecule has 22 heavy (non-hydrogen) atoms. The van der Waals surface area contributed by atoms with Gasteiger partial charge in [0, 0.05) is 17.3 Å². The van der Waals surface area contributed by atoms with E-state index in [0.29, 0.717) is 22.5 Å². The average molecular weight is 297 g/mol. The topological polar surface area (TPSA) is 81.1 Å². The van der Waals surface area contributed by atoms with Crippen LogP contribution in [0.4, 0.5) is 11.4 Å². The Bertz CT molecular complexity index is 889. The lowest BCUT2D eigenvalue weighted by molar-refractivity contribution is 0.598. The van der Waals surface area contributed by atoms with Gasteiger partial charge in [-0.25, -0.2) is 9.56 Å². The zero-order valence-electron chi connectivity index (χ0n) is 13.2. The SMILES string of the molecule is CC[N+](CC)=c1ccc2nc3c(N)cc(N)c(C)c3oc-2c1. The molecule has 0 unspecified atom stereocenters. The van der Waals surface area contributed by atoms with Gasteiger partial charge in [0.15, 0.2) is 11.3 Å². The highest BCUT2D eigenvalue weighted by molar-refractivity contribution is 5.93. The molecule has 1 aromatic carbocycles. The summed E-state index contributed by atoms with van der Waals surface area (Å²) in [6.07, 6.45) is 0. The number of fused-ring (bicyclic) bond motifs is 2. The molecule has 3 rings (SSSR count). The van der Waals surface area contributed by atoms with E-state index in [0.717, 1.165) is 35.5 Å². The highest BCUT2D eigenvalue weighted by Crippen LogP contribution is 2.32. The number of anilines is 2. The number of rotatable bonds is 2. The van der Waals surface area contributed by atoms with Gasteiger partial charge in [0.25, 0.3) is 0 Å². The second kappa shape index (κ2) is 5.33. The minimum atomic E-state index is 0.538. The van der Waals surface area contributed by atoms with E-state index < -0.39 is 0 Å². The molecule has 1 aliphatic heterocycles. The Hall–Kier alpha value is -2.56. The van der Waals surface area contributed by atoms with Gasteiger partial charge in [-0.3, -0.25) is 0 Å². The Morgan fingerprint density at radius 1 is 1.09 bits per heavy atom. The summed E-state index contributed by atoms with van der Waals surface area (Å²) in [7, 11) is 0.